The molecule has 0 aliphatic heterocycles. The molecule has 0 spiro atoms. The zero-order valence-corrected chi connectivity index (χ0v) is 22.2. The lowest BCUT2D eigenvalue weighted by atomic mass is 10.2. The Balaban J connectivity index is 0.00000385. The molecule has 1 aromatic heterocycles. The Morgan fingerprint density at radius 3 is 2.42 bits per heavy atom. The molecule has 2 aromatic carbocycles. The first-order valence-corrected chi connectivity index (χ1v) is 13.4. The number of benzene rings is 2. The number of carbonyl (C=O) groups excluding carboxylic acids is 1. The number of nitrogens with zero attached hydrogens (tertiary/aromatic N) is 3. The van der Waals surface area contributed by atoms with Gasteiger partial charge < -0.3 is 4.90 Å². The van der Waals surface area contributed by atoms with E-state index in [1.165, 1.54) is 41.2 Å². The van der Waals surface area contributed by atoms with Gasteiger partial charge >= 0.3 is 0 Å². The van der Waals surface area contributed by atoms with Crippen molar-refractivity contribution in [1.82, 2.24) is 9.88 Å². The first kappa shape index (κ1) is 27.5. The van der Waals surface area contributed by atoms with Gasteiger partial charge in [-0.3, -0.25) is 9.69 Å². The molecular weight excluding hydrogens is 501 g/mol. The van der Waals surface area contributed by atoms with Crippen LogP contribution in [0.4, 0.5) is 5.13 Å². The lowest BCUT2D eigenvalue weighted by molar-refractivity contribution is -0.118. The summed E-state index contributed by atoms with van der Waals surface area (Å²) in [5, 5.41) is 1.08. The molecule has 0 aliphatic carbocycles. The van der Waals surface area contributed by atoms with Gasteiger partial charge in [-0.2, -0.15) is 0 Å². The second-order valence-corrected chi connectivity index (χ2v) is 11.4. The fourth-order valence-corrected chi connectivity index (χ4v) is 5.71. The van der Waals surface area contributed by atoms with Crippen LogP contribution in [0.25, 0.3) is 10.2 Å². The molecular formula is C23H29Cl2N3O3S2. The van der Waals surface area contributed by atoms with Gasteiger partial charge in [0.2, 0.25) is 5.91 Å². The van der Waals surface area contributed by atoms with Crippen LogP contribution in [0.5, 0.6) is 0 Å². The van der Waals surface area contributed by atoms with Crippen molar-refractivity contribution >= 4 is 66.4 Å². The molecule has 0 radical (unpaired) electrons. The van der Waals surface area contributed by atoms with Crippen molar-refractivity contribution in [3.05, 3.63) is 53.1 Å². The van der Waals surface area contributed by atoms with Gasteiger partial charge in [-0.1, -0.05) is 35.9 Å². The van der Waals surface area contributed by atoms with Crippen LogP contribution in [0.15, 0.2) is 47.4 Å². The van der Waals surface area contributed by atoms with E-state index < -0.39 is 9.84 Å². The van der Waals surface area contributed by atoms with E-state index in [4.69, 9.17) is 11.6 Å². The number of sulfone groups is 1. The molecule has 0 atom stereocenters. The molecule has 1 heterocycles. The van der Waals surface area contributed by atoms with E-state index in [0.717, 1.165) is 29.6 Å². The zero-order valence-electron chi connectivity index (χ0n) is 19.0. The standard InChI is InChI=1S/C23H28ClN3O3S2.ClH/c1-4-17-6-11-20-21(16-17)31-23(25-20)27(14-5-13-26(2)3)22(28)12-15-32(29,30)19-9-7-18(24)8-10-19;/h6-11,16H,4-5,12-15H2,1-3H3;1H. The molecule has 0 saturated carbocycles. The van der Waals surface area contributed by atoms with Crippen LogP contribution in [0.3, 0.4) is 0 Å². The lowest BCUT2D eigenvalue weighted by Gasteiger charge is -2.21. The number of thiazole rings is 1. The van der Waals surface area contributed by atoms with E-state index >= 15 is 0 Å². The van der Waals surface area contributed by atoms with E-state index in [-0.39, 0.29) is 35.4 Å². The van der Waals surface area contributed by atoms with E-state index in [1.807, 2.05) is 26.2 Å². The molecule has 0 aliphatic rings. The maximum Gasteiger partial charge on any atom is 0.229 e. The number of amides is 1. The van der Waals surface area contributed by atoms with Crippen molar-refractivity contribution < 1.29 is 13.2 Å². The van der Waals surface area contributed by atoms with Crippen LogP contribution < -0.4 is 4.90 Å². The average molecular weight is 531 g/mol. The number of halogens is 2. The molecule has 0 unspecified atom stereocenters. The van der Waals surface area contributed by atoms with Crippen LogP contribution in [0.2, 0.25) is 5.02 Å². The Morgan fingerprint density at radius 1 is 1.09 bits per heavy atom. The Bertz CT molecular complexity index is 1180. The molecule has 0 fully saturated rings. The van der Waals surface area contributed by atoms with Gasteiger partial charge in [-0.05, 0) is 75.4 Å². The molecule has 3 rings (SSSR count). The van der Waals surface area contributed by atoms with Crippen molar-refractivity contribution in [3.8, 4) is 0 Å². The summed E-state index contributed by atoms with van der Waals surface area (Å²) < 4.78 is 26.4. The van der Waals surface area contributed by atoms with Gasteiger partial charge in [0, 0.05) is 18.0 Å². The summed E-state index contributed by atoms with van der Waals surface area (Å²) in [5.41, 5.74) is 2.06. The summed E-state index contributed by atoms with van der Waals surface area (Å²) in [7, 11) is 0.375. The van der Waals surface area contributed by atoms with Crippen molar-refractivity contribution in [1.29, 1.82) is 0 Å². The second kappa shape index (κ2) is 12.1. The summed E-state index contributed by atoms with van der Waals surface area (Å²) in [4.78, 5) is 21.7. The number of hydrogen-bond acceptors (Lipinski definition) is 6. The van der Waals surface area contributed by atoms with Gasteiger partial charge in [0.1, 0.15) is 0 Å². The van der Waals surface area contributed by atoms with Crippen molar-refractivity contribution in [3.63, 3.8) is 0 Å². The smallest absolute Gasteiger partial charge is 0.229 e. The number of anilines is 1. The number of fused-ring (bicyclic) bond motifs is 1. The van der Waals surface area contributed by atoms with Crippen molar-refractivity contribution in [2.24, 2.45) is 0 Å². The Hall–Kier alpha value is -1.71. The SMILES string of the molecule is CCc1ccc2nc(N(CCCN(C)C)C(=O)CCS(=O)(=O)c3ccc(Cl)cc3)sc2c1.Cl. The number of rotatable bonds is 10. The van der Waals surface area contributed by atoms with Crippen LogP contribution in [-0.2, 0) is 21.1 Å². The van der Waals surface area contributed by atoms with Gasteiger partial charge in [0.05, 0.1) is 20.9 Å². The molecule has 0 N–H and O–H groups in total. The van der Waals surface area contributed by atoms with Crippen LogP contribution in [-0.4, -0.2) is 57.1 Å². The molecule has 0 bridgehead atoms. The quantitative estimate of drug-likeness (QED) is 0.366. The van der Waals surface area contributed by atoms with Gasteiger partial charge in [0.25, 0.3) is 0 Å². The maximum atomic E-state index is 13.1. The van der Waals surface area contributed by atoms with Crippen molar-refractivity contribution in [2.75, 3.05) is 37.8 Å². The van der Waals surface area contributed by atoms with Gasteiger partial charge in [-0.15, -0.1) is 12.4 Å². The minimum atomic E-state index is -3.59. The summed E-state index contributed by atoms with van der Waals surface area (Å²) in [6, 6.07) is 12.1. The molecule has 33 heavy (non-hydrogen) atoms. The highest BCUT2D eigenvalue weighted by atomic mass is 35.5. The highest BCUT2D eigenvalue weighted by Crippen LogP contribution is 2.30. The van der Waals surface area contributed by atoms with Crippen LogP contribution in [0, 0.1) is 0 Å². The molecule has 180 valence electrons. The van der Waals surface area contributed by atoms with Gasteiger partial charge in [-0.25, -0.2) is 13.4 Å². The van der Waals surface area contributed by atoms with E-state index in [0.29, 0.717) is 16.7 Å². The Labute approximate surface area is 210 Å². The van der Waals surface area contributed by atoms with E-state index in [2.05, 4.69) is 22.9 Å². The topological polar surface area (TPSA) is 70.6 Å². The maximum absolute atomic E-state index is 13.1. The monoisotopic (exact) mass is 529 g/mol. The average Bonchev–Trinajstić information content (AvgIpc) is 3.18. The van der Waals surface area contributed by atoms with Crippen LogP contribution in [0.1, 0.15) is 25.3 Å². The number of hydrogen-bond donors (Lipinski definition) is 0. The van der Waals surface area contributed by atoms with Gasteiger partial charge in [0.15, 0.2) is 15.0 Å². The third-order valence-electron chi connectivity index (χ3n) is 5.13. The zero-order chi connectivity index (χ0) is 23.3. The molecule has 3 aromatic rings. The summed E-state index contributed by atoms with van der Waals surface area (Å²) >= 11 is 7.33. The highest BCUT2D eigenvalue weighted by molar-refractivity contribution is 7.91. The third-order valence-corrected chi connectivity index (χ3v) is 8.15. The predicted octanol–water partition coefficient (Wildman–Crippen LogP) is 5.08. The molecule has 6 nitrogen and oxygen atoms in total. The first-order valence-electron chi connectivity index (χ1n) is 10.5. The molecule has 10 heteroatoms. The van der Waals surface area contributed by atoms with E-state index in [9.17, 15) is 13.2 Å². The number of aromatic nitrogens is 1. The van der Waals surface area contributed by atoms with E-state index in [1.54, 1.807) is 4.90 Å². The number of carbonyl (C=O) groups is 1. The minimum Gasteiger partial charge on any atom is -0.309 e. The largest absolute Gasteiger partial charge is 0.309 e. The minimum absolute atomic E-state index is 0. The summed E-state index contributed by atoms with van der Waals surface area (Å²) in [6.07, 6.45) is 1.58. The number of aryl methyl sites for hydroxylation is 1. The second-order valence-electron chi connectivity index (χ2n) is 7.88. The first-order chi connectivity index (χ1) is 15.2. The fraction of sp³-hybridized carbons (Fsp3) is 0.391. The summed E-state index contributed by atoms with van der Waals surface area (Å²) in [5.74, 6) is -0.501. The summed E-state index contributed by atoms with van der Waals surface area (Å²) in [6.45, 7) is 3.40. The molecule has 0 saturated heterocycles. The Morgan fingerprint density at radius 2 is 1.79 bits per heavy atom. The fourth-order valence-electron chi connectivity index (χ4n) is 3.28. The predicted molar refractivity (Wildman–Crippen MR) is 140 cm³/mol. The Kier molecular flexibility index (Phi) is 10.1. The molecule has 1 amide bonds. The third kappa shape index (κ3) is 7.39. The normalized spacial score (nSPS) is 11.5. The highest BCUT2D eigenvalue weighted by Gasteiger charge is 2.23. The van der Waals surface area contributed by atoms with Crippen molar-refractivity contribution in [2.45, 2.75) is 31.1 Å². The lowest BCUT2D eigenvalue weighted by Crippen LogP contribution is -2.34. The van der Waals surface area contributed by atoms with Crippen LogP contribution >= 0.6 is 35.3 Å².